The molecule has 2 heteroatoms. The molecule has 0 aromatic carbocycles. The van der Waals surface area contributed by atoms with Crippen LogP contribution in [0.25, 0.3) is 0 Å². The van der Waals surface area contributed by atoms with Crippen molar-refractivity contribution >= 4 is 5.91 Å². The predicted molar refractivity (Wildman–Crippen MR) is 57.0 cm³/mol. The third-order valence-corrected chi connectivity index (χ3v) is 3.34. The van der Waals surface area contributed by atoms with Gasteiger partial charge in [0.25, 0.3) is 0 Å². The Labute approximate surface area is 86.0 Å². The number of unbranched alkanes of at least 4 members (excludes halogenated alkanes) is 1. The van der Waals surface area contributed by atoms with Crippen LogP contribution >= 0.6 is 0 Å². The van der Waals surface area contributed by atoms with Crippen LogP contribution in [0, 0.1) is 0 Å². The molecule has 78 valence electrons. The van der Waals surface area contributed by atoms with E-state index < -0.39 is 0 Å². The summed E-state index contributed by atoms with van der Waals surface area (Å²) in [6, 6.07) is 0.475. The standard InChI is InChI=1S/C12H19NO/c1-2-3-6-10-9-12(14)13-8-5-4-7-11(10)13/h9,11H,2-8H2,1H3. The Morgan fingerprint density at radius 1 is 1.50 bits per heavy atom. The lowest BCUT2D eigenvalue weighted by Gasteiger charge is -2.31. The molecule has 2 nitrogen and oxygen atoms in total. The van der Waals surface area contributed by atoms with Crippen molar-refractivity contribution < 1.29 is 4.79 Å². The van der Waals surface area contributed by atoms with Crippen LogP contribution < -0.4 is 0 Å². The Morgan fingerprint density at radius 2 is 2.36 bits per heavy atom. The lowest BCUT2D eigenvalue weighted by molar-refractivity contribution is -0.127. The van der Waals surface area contributed by atoms with E-state index in [1.165, 1.54) is 37.7 Å². The summed E-state index contributed by atoms with van der Waals surface area (Å²) in [5.74, 6) is 0.265. The fourth-order valence-corrected chi connectivity index (χ4v) is 2.54. The van der Waals surface area contributed by atoms with Gasteiger partial charge in [-0.25, -0.2) is 0 Å². The van der Waals surface area contributed by atoms with Crippen molar-refractivity contribution in [2.45, 2.75) is 51.5 Å². The summed E-state index contributed by atoms with van der Waals surface area (Å²) in [5, 5.41) is 0. The summed E-state index contributed by atoms with van der Waals surface area (Å²) in [6.07, 6.45) is 9.15. The van der Waals surface area contributed by atoms with Gasteiger partial charge in [-0.15, -0.1) is 0 Å². The summed E-state index contributed by atoms with van der Waals surface area (Å²) in [4.78, 5) is 13.7. The van der Waals surface area contributed by atoms with Crippen molar-refractivity contribution in [2.75, 3.05) is 6.54 Å². The largest absolute Gasteiger partial charge is 0.332 e. The molecule has 0 aromatic rings. The molecule has 0 aliphatic carbocycles. The molecule has 0 spiro atoms. The van der Waals surface area contributed by atoms with Crippen LogP contribution in [0.3, 0.4) is 0 Å². The van der Waals surface area contributed by atoms with Gasteiger partial charge in [-0.1, -0.05) is 13.3 Å². The van der Waals surface area contributed by atoms with Gasteiger partial charge >= 0.3 is 0 Å². The van der Waals surface area contributed by atoms with E-state index in [0.717, 1.165) is 13.0 Å². The van der Waals surface area contributed by atoms with Crippen molar-refractivity contribution in [1.29, 1.82) is 0 Å². The zero-order chi connectivity index (χ0) is 9.97. The molecule has 1 amide bonds. The minimum atomic E-state index is 0.265. The zero-order valence-corrected chi connectivity index (χ0v) is 8.96. The molecular weight excluding hydrogens is 174 g/mol. The van der Waals surface area contributed by atoms with Crippen LogP contribution in [0.2, 0.25) is 0 Å². The molecule has 1 saturated heterocycles. The second kappa shape index (κ2) is 4.16. The molecule has 1 fully saturated rings. The maximum atomic E-state index is 11.6. The zero-order valence-electron chi connectivity index (χ0n) is 8.96. The SMILES string of the molecule is CCCCC1=CC(=O)N2CCCCC12. The highest BCUT2D eigenvalue weighted by molar-refractivity contribution is 5.92. The molecule has 0 bridgehead atoms. The smallest absolute Gasteiger partial charge is 0.247 e. The number of hydrogen-bond acceptors (Lipinski definition) is 1. The molecule has 0 radical (unpaired) electrons. The van der Waals surface area contributed by atoms with Gasteiger partial charge in [0.2, 0.25) is 5.91 Å². The van der Waals surface area contributed by atoms with Gasteiger partial charge in [0.15, 0.2) is 0 Å². The number of fused-ring (bicyclic) bond motifs is 1. The maximum absolute atomic E-state index is 11.6. The summed E-state index contributed by atoms with van der Waals surface area (Å²) in [6.45, 7) is 3.19. The highest BCUT2D eigenvalue weighted by atomic mass is 16.2. The van der Waals surface area contributed by atoms with Crippen molar-refractivity contribution in [1.82, 2.24) is 4.90 Å². The van der Waals surface area contributed by atoms with E-state index in [2.05, 4.69) is 11.8 Å². The van der Waals surface area contributed by atoms with Gasteiger partial charge in [0.1, 0.15) is 0 Å². The highest BCUT2D eigenvalue weighted by Gasteiger charge is 2.33. The van der Waals surface area contributed by atoms with Crippen LogP contribution in [0.5, 0.6) is 0 Å². The van der Waals surface area contributed by atoms with Crippen molar-refractivity contribution in [3.63, 3.8) is 0 Å². The van der Waals surface area contributed by atoms with Crippen molar-refractivity contribution in [2.24, 2.45) is 0 Å². The molecule has 1 unspecified atom stereocenters. The van der Waals surface area contributed by atoms with E-state index in [0.29, 0.717) is 6.04 Å². The summed E-state index contributed by atoms with van der Waals surface area (Å²) < 4.78 is 0. The van der Waals surface area contributed by atoms with E-state index in [1.54, 1.807) is 0 Å². The van der Waals surface area contributed by atoms with Crippen LogP contribution in [0.15, 0.2) is 11.6 Å². The van der Waals surface area contributed by atoms with E-state index in [9.17, 15) is 4.79 Å². The summed E-state index contributed by atoms with van der Waals surface area (Å²) in [7, 11) is 0. The minimum absolute atomic E-state index is 0.265. The Balaban J connectivity index is 2.02. The van der Waals surface area contributed by atoms with Crippen molar-refractivity contribution in [3.8, 4) is 0 Å². The monoisotopic (exact) mass is 193 g/mol. The number of nitrogens with zero attached hydrogens (tertiary/aromatic N) is 1. The molecular formula is C12H19NO. The van der Waals surface area contributed by atoms with Gasteiger partial charge in [0.05, 0.1) is 6.04 Å². The quantitative estimate of drug-likeness (QED) is 0.674. The first-order chi connectivity index (χ1) is 6.83. The summed E-state index contributed by atoms with van der Waals surface area (Å²) >= 11 is 0. The second-order valence-electron chi connectivity index (χ2n) is 4.37. The van der Waals surface area contributed by atoms with Gasteiger partial charge in [-0.2, -0.15) is 0 Å². The van der Waals surface area contributed by atoms with Gasteiger partial charge in [0, 0.05) is 12.6 Å². The van der Waals surface area contributed by atoms with Crippen LogP contribution in [-0.2, 0) is 4.79 Å². The molecule has 2 heterocycles. The second-order valence-corrected chi connectivity index (χ2v) is 4.37. The topological polar surface area (TPSA) is 20.3 Å². The molecule has 0 aromatic heterocycles. The first kappa shape index (κ1) is 9.75. The van der Waals surface area contributed by atoms with Gasteiger partial charge in [-0.3, -0.25) is 4.79 Å². The van der Waals surface area contributed by atoms with Crippen LogP contribution in [0.1, 0.15) is 45.4 Å². The molecule has 1 atom stereocenters. The van der Waals surface area contributed by atoms with Crippen molar-refractivity contribution in [3.05, 3.63) is 11.6 Å². The highest BCUT2D eigenvalue weighted by Crippen LogP contribution is 2.31. The molecule has 2 rings (SSSR count). The van der Waals surface area contributed by atoms with E-state index in [-0.39, 0.29) is 5.91 Å². The van der Waals surface area contributed by atoms with E-state index in [4.69, 9.17) is 0 Å². The number of carbonyl (C=O) groups excluding carboxylic acids is 1. The lowest BCUT2D eigenvalue weighted by atomic mass is 9.95. The third kappa shape index (κ3) is 1.70. The summed E-state index contributed by atoms with van der Waals surface area (Å²) in [5.41, 5.74) is 1.40. The fraction of sp³-hybridized carbons (Fsp3) is 0.750. The molecule has 2 aliphatic heterocycles. The molecule has 14 heavy (non-hydrogen) atoms. The number of rotatable bonds is 3. The Morgan fingerprint density at radius 3 is 3.14 bits per heavy atom. The minimum Gasteiger partial charge on any atom is -0.332 e. The Kier molecular flexibility index (Phi) is 2.90. The average molecular weight is 193 g/mol. The first-order valence-corrected chi connectivity index (χ1v) is 5.84. The molecule has 2 aliphatic rings. The normalized spacial score (nSPS) is 26.4. The number of carbonyl (C=O) groups is 1. The van der Waals surface area contributed by atoms with E-state index in [1.807, 2.05) is 6.08 Å². The fourth-order valence-electron chi connectivity index (χ4n) is 2.54. The average Bonchev–Trinajstić information content (AvgIpc) is 2.54. The lowest BCUT2D eigenvalue weighted by Crippen LogP contribution is -2.39. The Bertz CT molecular complexity index is 257. The van der Waals surface area contributed by atoms with E-state index >= 15 is 0 Å². The predicted octanol–water partition coefficient (Wildman–Crippen LogP) is 2.50. The molecule has 0 saturated carbocycles. The number of piperidine rings is 1. The number of amides is 1. The molecule has 0 N–H and O–H groups in total. The number of hydrogen-bond donors (Lipinski definition) is 0. The van der Waals surface area contributed by atoms with Crippen LogP contribution in [-0.4, -0.2) is 23.4 Å². The van der Waals surface area contributed by atoms with Gasteiger partial charge in [-0.05, 0) is 37.7 Å². The maximum Gasteiger partial charge on any atom is 0.247 e. The van der Waals surface area contributed by atoms with Gasteiger partial charge < -0.3 is 4.90 Å². The Hall–Kier alpha value is -0.790. The first-order valence-electron chi connectivity index (χ1n) is 5.84. The third-order valence-electron chi connectivity index (χ3n) is 3.34. The van der Waals surface area contributed by atoms with Crippen LogP contribution in [0.4, 0.5) is 0 Å².